The molecule has 0 aromatic heterocycles. The van der Waals surface area contributed by atoms with Gasteiger partial charge in [0.25, 0.3) is 5.69 Å². The van der Waals surface area contributed by atoms with E-state index in [-0.39, 0.29) is 11.4 Å². The van der Waals surface area contributed by atoms with Gasteiger partial charge >= 0.3 is 0 Å². The van der Waals surface area contributed by atoms with E-state index in [1.54, 1.807) is 43.3 Å². The maximum Gasteiger partial charge on any atom is 0.292 e. The Morgan fingerprint density at radius 2 is 1.90 bits per heavy atom. The summed E-state index contributed by atoms with van der Waals surface area (Å²) in [6, 6.07) is 12.5. The van der Waals surface area contributed by atoms with E-state index >= 15 is 0 Å². The highest BCUT2D eigenvalue weighted by Crippen LogP contribution is 2.26. The van der Waals surface area contributed by atoms with E-state index in [0.29, 0.717) is 5.56 Å². The SMILES string of the molecule is Cc1ccc([N+](=O)[O-])c(NC(=O)[C@H](N)c2ccccc2)c1. The molecule has 2 aromatic carbocycles. The zero-order chi connectivity index (χ0) is 15.4. The van der Waals surface area contributed by atoms with Crippen molar-refractivity contribution in [2.75, 3.05) is 5.32 Å². The van der Waals surface area contributed by atoms with Gasteiger partial charge in [0.05, 0.1) is 4.92 Å². The molecule has 0 aliphatic rings. The van der Waals surface area contributed by atoms with Gasteiger partial charge in [0.1, 0.15) is 11.7 Å². The number of carbonyl (C=O) groups excluding carboxylic acids is 1. The Bertz CT molecular complexity index is 671. The predicted octanol–water partition coefficient (Wildman–Crippen LogP) is 2.54. The number of nitrogens with zero attached hydrogens (tertiary/aromatic N) is 1. The molecule has 0 aliphatic carbocycles. The minimum atomic E-state index is -0.883. The summed E-state index contributed by atoms with van der Waals surface area (Å²) in [5.74, 6) is -0.491. The van der Waals surface area contributed by atoms with Crippen molar-refractivity contribution >= 4 is 17.3 Å². The standard InChI is InChI=1S/C15H15N3O3/c1-10-7-8-13(18(20)21)12(9-10)17-15(19)14(16)11-5-3-2-4-6-11/h2-9,14H,16H2,1H3,(H,17,19)/t14-/m1/s1. The lowest BCUT2D eigenvalue weighted by Gasteiger charge is -2.13. The maximum atomic E-state index is 12.1. The Hall–Kier alpha value is -2.73. The van der Waals surface area contributed by atoms with Crippen molar-refractivity contribution in [3.05, 3.63) is 69.8 Å². The van der Waals surface area contributed by atoms with E-state index in [1.807, 2.05) is 6.07 Å². The molecule has 0 aliphatic heterocycles. The molecule has 3 N–H and O–H groups in total. The predicted molar refractivity (Wildman–Crippen MR) is 79.8 cm³/mol. The lowest BCUT2D eigenvalue weighted by Crippen LogP contribution is -2.28. The molecule has 1 atom stereocenters. The van der Waals surface area contributed by atoms with E-state index in [9.17, 15) is 14.9 Å². The Kier molecular flexibility index (Phi) is 4.30. The van der Waals surface area contributed by atoms with E-state index in [4.69, 9.17) is 5.73 Å². The number of nitro groups is 1. The largest absolute Gasteiger partial charge is 0.319 e. The number of nitrogens with one attached hydrogen (secondary N) is 1. The summed E-state index contributed by atoms with van der Waals surface area (Å²) in [7, 11) is 0. The first kappa shape index (κ1) is 14.7. The lowest BCUT2D eigenvalue weighted by atomic mass is 10.1. The first-order valence-electron chi connectivity index (χ1n) is 6.35. The van der Waals surface area contributed by atoms with E-state index < -0.39 is 16.9 Å². The molecule has 2 aromatic rings. The highest BCUT2D eigenvalue weighted by Gasteiger charge is 2.20. The van der Waals surface area contributed by atoms with Gasteiger partial charge in [0.15, 0.2) is 0 Å². The number of rotatable bonds is 4. The fourth-order valence-corrected chi connectivity index (χ4v) is 1.93. The van der Waals surface area contributed by atoms with Crippen molar-refractivity contribution in [3.8, 4) is 0 Å². The van der Waals surface area contributed by atoms with Crippen LogP contribution in [0.5, 0.6) is 0 Å². The normalized spacial score (nSPS) is 11.7. The number of amides is 1. The summed E-state index contributed by atoms with van der Waals surface area (Å²) < 4.78 is 0. The van der Waals surface area contributed by atoms with Crippen LogP contribution in [0.4, 0.5) is 11.4 Å². The fourth-order valence-electron chi connectivity index (χ4n) is 1.93. The number of carbonyl (C=O) groups is 1. The van der Waals surface area contributed by atoms with Crippen molar-refractivity contribution in [2.45, 2.75) is 13.0 Å². The molecule has 21 heavy (non-hydrogen) atoms. The summed E-state index contributed by atoms with van der Waals surface area (Å²) in [4.78, 5) is 22.6. The van der Waals surface area contributed by atoms with Gasteiger partial charge in [0, 0.05) is 6.07 Å². The van der Waals surface area contributed by atoms with Gasteiger partial charge < -0.3 is 11.1 Å². The minimum absolute atomic E-state index is 0.149. The number of aryl methyl sites for hydroxylation is 1. The summed E-state index contributed by atoms with van der Waals surface area (Å²) in [5, 5.41) is 13.5. The Balaban J connectivity index is 2.24. The molecule has 0 saturated heterocycles. The molecule has 0 spiro atoms. The second-order valence-electron chi connectivity index (χ2n) is 4.66. The van der Waals surface area contributed by atoms with Crippen LogP contribution in [0.1, 0.15) is 17.2 Å². The zero-order valence-corrected chi connectivity index (χ0v) is 11.4. The van der Waals surface area contributed by atoms with Crippen LogP contribution in [-0.2, 0) is 4.79 Å². The molecular weight excluding hydrogens is 270 g/mol. The van der Waals surface area contributed by atoms with Gasteiger partial charge in [-0.05, 0) is 24.1 Å². The number of nitrogens with two attached hydrogens (primary N) is 1. The molecule has 2 rings (SSSR count). The average Bonchev–Trinajstić information content (AvgIpc) is 2.47. The molecule has 0 bridgehead atoms. The van der Waals surface area contributed by atoms with Crippen LogP contribution in [0, 0.1) is 17.0 Å². The van der Waals surface area contributed by atoms with Crippen LogP contribution in [0.2, 0.25) is 0 Å². The first-order valence-corrected chi connectivity index (χ1v) is 6.35. The van der Waals surface area contributed by atoms with Crippen molar-refractivity contribution in [2.24, 2.45) is 5.73 Å². The molecule has 108 valence electrons. The van der Waals surface area contributed by atoms with Crippen LogP contribution >= 0.6 is 0 Å². The average molecular weight is 285 g/mol. The number of hydrogen-bond acceptors (Lipinski definition) is 4. The molecule has 0 saturated carbocycles. The number of benzene rings is 2. The maximum absolute atomic E-state index is 12.1. The molecule has 0 unspecified atom stereocenters. The van der Waals surface area contributed by atoms with Crippen molar-refractivity contribution in [1.29, 1.82) is 0 Å². The molecule has 6 nitrogen and oxygen atoms in total. The van der Waals surface area contributed by atoms with Crippen molar-refractivity contribution < 1.29 is 9.72 Å². The van der Waals surface area contributed by atoms with Crippen molar-refractivity contribution in [3.63, 3.8) is 0 Å². The summed E-state index contributed by atoms with van der Waals surface area (Å²) in [6.45, 7) is 1.79. The Morgan fingerprint density at radius 1 is 1.24 bits per heavy atom. The first-order chi connectivity index (χ1) is 9.99. The van der Waals surface area contributed by atoms with Gasteiger partial charge in [-0.25, -0.2) is 0 Å². The highest BCUT2D eigenvalue weighted by atomic mass is 16.6. The van der Waals surface area contributed by atoms with E-state index in [1.165, 1.54) is 6.07 Å². The fraction of sp³-hybridized carbons (Fsp3) is 0.133. The van der Waals surface area contributed by atoms with Crippen LogP contribution < -0.4 is 11.1 Å². The Labute approximate surface area is 121 Å². The zero-order valence-electron chi connectivity index (χ0n) is 11.4. The summed E-state index contributed by atoms with van der Waals surface area (Å²) in [5.41, 5.74) is 7.31. The minimum Gasteiger partial charge on any atom is -0.319 e. The third-order valence-corrected chi connectivity index (χ3v) is 3.05. The number of nitro benzene ring substituents is 1. The van der Waals surface area contributed by atoms with Crippen LogP contribution in [0.15, 0.2) is 48.5 Å². The number of anilines is 1. The third-order valence-electron chi connectivity index (χ3n) is 3.05. The Morgan fingerprint density at radius 3 is 2.52 bits per heavy atom. The molecule has 0 heterocycles. The van der Waals surface area contributed by atoms with E-state index in [2.05, 4.69) is 5.32 Å². The van der Waals surface area contributed by atoms with Crippen LogP contribution in [0.3, 0.4) is 0 Å². The van der Waals surface area contributed by atoms with Gasteiger partial charge in [-0.2, -0.15) is 0 Å². The molecular formula is C15H15N3O3. The van der Waals surface area contributed by atoms with Crippen LogP contribution in [0.25, 0.3) is 0 Å². The third kappa shape index (κ3) is 3.43. The topological polar surface area (TPSA) is 98.3 Å². The quantitative estimate of drug-likeness (QED) is 0.666. The molecule has 0 radical (unpaired) electrons. The monoisotopic (exact) mass is 285 g/mol. The second kappa shape index (κ2) is 6.15. The molecule has 6 heteroatoms. The van der Waals surface area contributed by atoms with Gasteiger partial charge in [-0.1, -0.05) is 36.4 Å². The smallest absolute Gasteiger partial charge is 0.292 e. The van der Waals surface area contributed by atoms with Gasteiger partial charge in [-0.15, -0.1) is 0 Å². The molecule has 0 fully saturated rings. The van der Waals surface area contributed by atoms with Crippen LogP contribution in [-0.4, -0.2) is 10.8 Å². The molecule has 1 amide bonds. The number of hydrogen-bond donors (Lipinski definition) is 2. The summed E-state index contributed by atoms with van der Waals surface area (Å²) >= 11 is 0. The van der Waals surface area contributed by atoms with Crippen molar-refractivity contribution in [1.82, 2.24) is 0 Å². The second-order valence-corrected chi connectivity index (χ2v) is 4.66. The lowest BCUT2D eigenvalue weighted by molar-refractivity contribution is -0.383. The highest BCUT2D eigenvalue weighted by molar-refractivity contribution is 5.97. The summed E-state index contributed by atoms with van der Waals surface area (Å²) in [6.07, 6.45) is 0. The van der Waals surface area contributed by atoms with E-state index in [0.717, 1.165) is 5.56 Å². The van der Waals surface area contributed by atoms with Gasteiger partial charge in [-0.3, -0.25) is 14.9 Å². The van der Waals surface area contributed by atoms with Gasteiger partial charge in [0.2, 0.25) is 5.91 Å².